The minimum atomic E-state index is -1.07. The van der Waals surface area contributed by atoms with Gasteiger partial charge in [0.15, 0.2) is 11.0 Å². The maximum Gasteiger partial charge on any atom is 0.341 e. The van der Waals surface area contributed by atoms with Crippen LogP contribution in [-0.4, -0.2) is 63.3 Å². The van der Waals surface area contributed by atoms with Gasteiger partial charge in [-0.1, -0.05) is 26.2 Å². The number of allylic oxidation sites excluding steroid dienone is 1. The SMILES string of the molecule is CCCCCNc1cc(-c2cc(CC[C@@H]3O[C@]34CCCC[C@H]3c5c(cc6oc(C)cc(=O)c6c5O)OC(C)(C)[C@@H]3OC4=O)cc(N)n2)cc(C[NH+]2C=C3C=CN=C3C2)n1. The van der Waals surface area contributed by atoms with Gasteiger partial charge in [-0.25, -0.2) is 14.8 Å². The Balaban J connectivity index is 0.925. The van der Waals surface area contributed by atoms with Crippen LogP contribution >= 0.6 is 0 Å². The summed E-state index contributed by atoms with van der Waals surface area (Å²) in [6.07, 6.45) is 12.3. The Hall–Kier alpha value is -5.53. The summed E-state index contributed by atoms with van der Waals surface area (Å²) >= 11 is 0. The second-order valence-corrected chi connectivity index (χ2v) is 17.3. The van der Waals surface area contributed by atoms with Gasteiger partial charge in [-0.2, -0.15) is 0 Å². The molecule has 5 atom stereocenters. The standard InChI is InChI=1S/C46H52N6O7/c1-5-6-9-15-49-39-21-29(20-30(50-39)24-52-23-28-13-16-48-33(28)25-52)32-18-27(19-38(47)51-32)11-12-37-46(59-37)14-8-7-10-31-40-36(58-45(3,4)43(31)57-44(46)55)22-35-41(42(40)54)34(53)17-26(2)56-35/h13,16-23,31,37,43,54H,5-12,14-15,24-25H2,1-4H3,(H2,47,51)(H,49,50)/p+1/t31-,37-,43+,46+/m0/s1. The number of phenols is 1. The summed E-state index contributed by atoms with van der Waals surface area (Å²) in [5.74, 6) is 1.11. The highest BCUT2D eigenvalue weighted by Crippen LogP contribution is 2.53. The second kappa shape index (κ2) is 15.3. The predicted molar refractivity (Wildman–Crippen MR) is 225 cm³/mol. The third-order valence-corrected chi connectivity index (χ3v) is 12.5. The molecule has 4 aromatic rings. The number of esters is 1. The van der Waals surface area contributed by atoms with E-state index in [2.05, 4.69) is 41.6 Å². The van der Waals surface area contributed by atoms with E-state index in [1.807, 2.05) is 32.2 Å². The van der Waals surface area contributed by atoms with Crippen molar-refractivity contribution >= 4 is 34.3 Å². The molecule has 2 saturated heterocycles. The number of carbonyl (C=O) groups is 1. The van der Waals surface area contributed by atoms with Crippen LogP contribution in [-0.2, 0) is 27.2 Å². The van der Waals surface area contributed by atoms with Gasteiger partial charge in [0, 0.05) is 41.9 Å². The summed E-state index contributed by atoms with van der Waals surface area (Å²) in [4.78, 5) is 42.8. The zero-order chi connectivity index (χ0) is 41.1. The molecule has 0 saturated carbocycles. The molecule has 0 amide bonds. The number of ether oxygens (including phenoxy) is 3. The number of aryl methyl sites for hydroxylation is 2. The Kier molecular flexibility index (Phi) is 10.1. The summed E-state index contributed by atoms with van der Waals surface area (Å²) in [6.45, 7) is 10.0. The number of hydrogen-bond acceptors (Lipinski definition) is 12. The third-order valence-electron chi connectivity index (χ3n) is 12.5. The van der Waals surface area contributed by atoms with Gasteiger partial charge >= 0.3 is 5.97 Å². The average molecular weight is 802 g/mol. The van der Waals surface area contributed by atoms with Gasteiger partial charge in [-0.05, 0) is 95.2 Å². The van der Waals surface area contributed by atoms with Gasteiger partial charge in [0.05, 0.1) is 23.1 Å². The van der Waals surface area contributed by atoms with Gasteiger partial charge < -0.3 is 34.8 Å². The number of aromatic hydroxyl groups is 1. The van der Waals surface area contributed by atoms with Gasteiger partial charge in [-0.15, -0.1) is 0 Å². The molecular formula is C46H53N6O7+. The van der Waals surface area contributed by atoms with Crippen molar-refractivity contribution in [1.29, 1.82) is 0 Å². The molecule has 0 bridgehead atoms. The van der Waals surface area contributed by atoms with E-state index in [1.54, 1.807) is 13.0 Å². The number of benzene rings is 1. The number of unbranched alkanes of at least 4 members (excludes halogenated alkanes) is 2. The van der Waals surface area contributed by atoms with Crippen LogP contribution in [0.4, 0.5) is 11.6 Å². The van der Waals surface area contributed by atoms with Crippen LogP contribution < -0.4 is 26.1 Å². The molecular weight excluding hydrogens is 749 g/mol. The Morgan fingerprint density at radius 1 is 1.07 bits per heavy atom. The number of pyridine rings is 2. The number of quaternary nitrogens is 1. The molecule has 1 aromatic carbocycles. The maximum atomic E-state index is 14.2. The van der Waals surface area contributed by atoms with E-state index in [0.717, 1.165) is 79.2 Å². The van der Waals surface area contributed by atoms with Crippen LogP contribution in [0.15, 0.2) is 74.7 Å². The van der Waals surface area contributed by atoms with E-state index in [0.29, 0.717) is 55.1 Å². The molecule has 5 N–H and O–H groups in total. The summed E-state index contributed by atoms with van der Waals surface area (Å²) in [5.41, 5.74) is 10.8. The van der Waals surface area contributed by atoms with E-state index < -0.39 is 29.2 Å². The van der Waals surface area contributed by atoms with Crippen molar-refractivity contribution in [2.75, 3.05) is 24.1 Å². The Morgan fingerprint density at radius 3 is 2.76 bits per heavy atom. The van der Waals surface area contributed by atoms with Gasteiger partial charge in [-0.3, -0.25) is 14.7 Å². The largest absolute Gasteiger partial charge is 0.507 e. The quantitative estimate of drug-likeness (QED) is 0.0770. The summed E-state index contributed by atoms with van der Waals surface area (Å²) in [6, 6.07) is 11.2. The lowest BCUT2D eigenvalue weighted by atomic mass is 9.77. The van der Waals surface area contributed by atoms with E-state index in [1.165, 1.54) is 16.5 Å². The smallest absolute Gasteiger partial charge is 0.341 e. The zero-order valence-electron chi connectivity index (χ0n) is 34.2. The van der Waals surface area contributed by atoms with Crippen molar-refractivity contribution in [3.05, 3.63) is 93.3 Å². The normalized spacial score (nSPS) is 25.2. The maximum absolute atomic E-state index is 14.2. The predicted octanol–water partition coefficient (Wildman–Crippen LogP) is 6.21. The highest BCUT2D eigenvalue weighted by atomic mass is 16.7. The average Bonchev–Trinajstić information content (AvgIpc) is 3.46. The first-order valence-electron chi connectivity index (χ1n) is 21.1. The molecule has 1 spiro atoms. The highest BCUT2D eigenvalue weighted by molar-refractivity contribution is 6.06. The number of nitrogens with two attached hydrogens (primary N) is 1. The van der Waals surface area contributed by atoms with E-state index in [4.69, 9.17) is 34.3 Å². The van der Waals surface area contributed by atoms with Crippen LogP contribution in [0, 0.1) is 6.92 Å². The molecule has 0 aliphatic carbocycles. The number of anilines is 2. The number of epoxide rings is 1. The lowest BCUT2D eigenvalue weighted by Gasteiger charge is -2.44. The Morgan fingerprint density at radius 2 is 1.93 bits per heavy atom. The van der Waals surface area contributed by atoms with Crippen molar-refractivity contribution in [3.8, 4) is 22.8 Å². The number of rotatable bonds is 11. The molecule has 8 heterocycles. The number of nitrogen functional groups attached to an aromatic ring is 1. The molecule has 13 heteroatoms. The van der Waals surface area contributed by atoms with E-state index in [9.17, 15) is 14.7 Å². The molecule has 9 rings (SSSR count). The van der Waals surface area contributed by atoms with Crippen molar-refractivity contribution < 1.29 is 33.4 Å². The fraction of sp³-hybridized carbons (Fsp3) is 0.457. The van der Waals surface area contributed by atoms with Crippen LogP contribution in [0.3, 0.4) is 0 Å². The fourth-order valence-electron chi connectivity index (χ4n) is 9.53. The number of phenolic OH excluding ortho intramolecular Hbond substituents is 1. The lowest BCUT2D eigenvalue weighted by molar-refractivity contribution is -0.848. The third kappa shape index (κ3) is 7.50. The summed E-state index contributed by atoms with van der Waals surface area (Å²) in [7, 11) is 0. The zero-order valence-corrected chi connectivity index (χ0v) is 34.2. The lowest BCUT2D eigenvalue weighted by Crippen LogP contribution is -3.05. The molecule has 3 aromatic heterocycles. The number of aliphatic imine (C=N–C) groups is 1. The number of nitrogens with one attached hydrogen (secondary N) is 2. The molecule has 5 aliphatic heterocycles. The fourth-order valence-corrected chi connectivity index (χ4v) is 9.53. The number of hydrogen-bond donors (Lipinski definition) is 4. The van der Waals surface area contributed by atoms with Crippen LogP contribution in [0.2, 0.25) is 0 Å². The van der Waals surface area contributed by atoms with Crippen LogP contribution in [0.1, 0.15) is 101 Å². The van der Waals surface area contributed by atoms with Gasteiger partial charge in [0.25, 0.3) is 0 Å². The van der Waals surface area contributed by atoms with Gasteiger partial charge in [0.1, 0.15) is 76.6 Å². The van der Waals surface area contributed by atoms with Gasteiger partial charge in [0.2, 0.25) is 0 Å². The summed E-state index contributed by atoms with van der Waals surface area (Å²) in [5, 5.41) is 15.2. The first-order chi connectivity index (χ1) is 28.4. The first-order valence-corrected chi connectivity index (χ1v) is 21.1. The van der Waals surface area contributed by atoms with Crippen molar-refractivity contribution in [3.63, 3.8) is 0 Å². The molecule has 5 aliphatic rings. The molecule has 2 fully saturated rings. The Labute approximate surface area is 343 Å². The van der Waals surface area contributed by atoms with Crippen LogP contribution in [0.25, 0.3) is 22.2 Å². The topological polar surface area (TPSA) is 179 Å². The molecule has 0 radical (unpaired) electrons. The van der Waals surface area contributed by atoms with Crippen molar-refractivity contribution in [2.24, 2.45) is 4.99 Å². The second-order valence-electron chi connectivity index (χ2n) is 17.3. The Bertz CT molecular complexity index is 2490. The summed E-state index contributed by atoms with van der Waals surface area (Å²) < 4.78 is 25.0. The number of aromatic nitrogens is 2. The number of fused-ring (bicyclic) bond motifs is 5. The number of carbonyl (C=O) groups excluding carboxylic acids is 1. The molecule has 59 heavy (non-hydrogen) atoms. The monoisotopic (exact) mass is 801 g/mol. The first kappa shape index (κ1) is 39.0. The molecule has 13 nitrogen and oxygen atoms in total. The highest BCUT2D eigenvalue weighted by Gasteiger charge is 2.64. The molecule has 1 unspecified atom stereocenters. The number of nitrogens with zero attached hydrogens (tertiary/aromatic N) is 3. The van der Waals surface area contributed by atoms with E-state index >= 15 is 0 Å². The van der Waals surface area contributed by atoms with E-state index in [-0.39, 0.29) is 28.3 Å². The van der Waals surface area contributed by atoms with Crippen molar-refractivity contribution in [1.82, 2.24) is 9.97 Å². The molecule has 308 valence electrons. The van der Waals surface area contributed by atoms with Crippen LogP contribution in [0.5, 0.6) is 11.5 Å². The van der Waals surface area contributed by atoms with Crippen molar-refractivity contribution in [2.45, 2.75) is 121 Å². The minimum Gasteiger partial charge on any atom is -0.507 e. The minimum absolute atomic E-state index is 0.102.